The highest BCUT2D eigenvalue weighted by Crippen LogP contribution is 2.33. The van der Waals surface area contributed by atoms with Crippen LogP contribution in [0, 0.1) is 23.3 Å². The van der Waals surface area contributed by atoms with Crippen molar-refractivity contribution >= 4 is 23.2 Å². The Morgan fingerprint density at radius 2 is 1.50 bits per heavy atom. The maximum atomic E-state index is 13.9. The molecule has 1 aliphatic heterocycles. The minimum absolute atomic E-state index is 0.0449. The normalized spacial score (nSPS) is 15.4. The Kier molecular flexibility index (Phi) is 5.16. The summed E-state index contributed by atoms with van der Waals surface area (Å²) in [6.45, 7) is 2.53. The number of piperazine rings is 1. The molecular formula is C14H15ClF4N2O. The van der Waals surface area contributed by atoms with E-state index in [-0.39, 0.29) is 32.1 Å². The first-order valence-electron chi connectivity index (χ1n) is 6.92. The maximum absolute atomic E-state index is 13.9. The van der Waals surface area contributed by atoms with Gasteiger partial charge in [0.15, 0.2) is 23.3 Å². The summed E-state index contributed by atoms with van der Waals surface area (Å²) >= 11 is 5.20. The fraction of sp³-hybridized carbons (Fsp3) is 0.500. The molecule has 0 atom stereocenters. The van der Waals surface area contributed by atoms with E-state index < -0.39 is 34.0 Å². The number of hydrogen-bond acceptors (Lipinski definition) is 2. The Bertz CT molecular complexity index is 560. The van der Waals surface area contributed by atoms with Crippen LogP contribution in [0.3, 0.4) is 0 Å². The van der Waals surface area contributed by atoms with Crippen LogP contribution in [-0.2, 0) is 4.79 Å². The number of nitrogens with zero attached hydrogens (tertiary/aromatic N) is 2. The average Bonchev–Trinajstić information content (AvgIpc) is 2.52. The molecule has 0 unspecified atom stereocenters. The number of carbonyl (C=O) groups excluding carboxylic acids is 1. The van der Waals surface area contributed by atoms with Crippen LogP contribution in [-0.4, -0.2) is 37.0 Å². The van der Waals surface area contributed by atoms with Crippen molar-refractivity contribution in [3.8, 4) is 0 Å². The van der Waals surface area contributed by atoms with Gasteiger partial charge in [0.2, 0.25) is 5.91 Å². The summed E-state index contributed by atoms with van der Waals surface area (Å²) in [5.74, 6) is -6.30. The summed E-state index contributed by atoms with van der Waals surface area (Å²) in [6.07, 6.45) is 1.10. The van der Waals surface area contributed by atoms with Gasteiger partial charge in [-0.05, 0) is 6.42 Å². The second-order valence-corrected chi connectivity index (χ2v) is 5.41. The molecule has 1 fully saturated rings. The highest BCUT2D eigenvalue weighted by Gasteiger charge is 2.30. The van der Waals surface area contributed by atoms with E-state index in [0.29, 0.717) is 12.8 Å². The molecule has 1 aromatic rings. The monoisotopic (exact) mass is 338 g/mol. The number of rotatable bonds is 3. The third-order valence-corrected chi connectivity index (χ3v) is 3.93. The van der Waals surface area contributed by atoms with E-state index in [1.165, 1.54) is 4.90 Å². The first-order valence-corrected chi connectivity index (χ1v) is 7.30. The third-order valence-electron chi connectivity index (χ3n) is 3.60. The lowest BCUT2D eigenvalue weighted by Crippen LogP contribution is -2.49. The van der Waals surface area contributed by atoms with Crippen molar-refractivity contribution < 1.29 is 22.4 Å². The smallest absolute Gasteiger partial charge is 0.222 e. The van der Waals surface area contributed by atoms with Crippen LogP contribution in [0.25, 0.3) is 0 Å². The predicted molar refractivity (Wildman–Crippen MR) is 75.0 cm³/mol. The van der Waals surface area contributed by atoms with Gasteiger partial charge in [0.05, 0.1) is 0 Å². The van der Waals surface area contributed by atoms with Gasteiger partial charge in [0, 0.05) is 32.6 Å². The highest BCUT2D eigenvalue weighted by molar-refractivity contribution is 6.31. The summed E-state index contributed by atoms with van der Waals surface area (Å²) in [4.78, 5) is 14.5. The summed E-state index contributed by atoms with van der Waals surface area (Å²) in [6, 6.07) is 0. The van der Waals surface area contributed by atoms with Crippen LogP contribution in [0.4, 0.5) is 23.2 Å². The van der Waals surface area contributed by atoms with Gasteiger partial charge < -0.3 is 9.80 Å². The van der Waals surface area contributed by atoms with Crippen molar-refractivity contribution in [3.63, 3.8) is 0 Å². The van der Waals surface area contributed by atoms with Crippen LogP contribution in [0.2, 0.25) is 5.02 Å². The number of halogens is 5. The van der Waals surface area contributed by atoms with Gasteiger partial charge in [-0.2, -0.15) is 0 Å². The van der Waals surface area contributed by atoms with Crippen molar-refractivity contribution in [2.75, 3.05) is 31.1 Å². The molecular weight excluding hydrogens is 324 g/mol. The van der Waals surface area contributed by atoms with Gasteiger partial charge in [-0.15, -0.1) is 0 Å². The zero-order chi connectivity index (χ0) is 16.4. The summed E-state index contributed by atoms with van der Waals surface area (Å²) in [5, 5.41) is -1.20. The summed E-state index contributed by atoms with van der Waals surface area (Å²) in [7, 11) is 0. The first-order chi connectivity index (χ1) is 10.4. The van der Waals surface area contributed by atoms with Crippen molar-refractivity contribution in [3.05, 3.63) is 28.3 Å². The molecule has 22 heavy (non-hydrogen) atoms. The Morgan fingerprint density at radius 1 is 1.00 bits per heavy atom. The molecule has 1 saturated heterocycles. The van der Waals surface area contributed by atoms with Gasteiger partial charge in [0.25, 0.3) is 0 Å². The van der Waals surface area contributed by atoms with E-state index in [1.807, 2.05) is 6.92 Å². The Balaban J connectivity index is 2.20. The fourth-order valence-corrected chi connectivity index (χ4v) is 2.59. The molecule has 0 saturated carbocycles. The van der Waals surface area contributed by atoms with E-state index >= 15 is 0 Å². The standard InChI is InChI=1S/C14H15ClF4N2O/c1-2-3-8(22)20-4-6-21(7-5-20)14-12(18)10(16)9(15)11(17)13(14)19/h2-7H2,1H3. The molecule has 1 heterocycles. The Hall–Kier alpha value is -1.50. The van der Waals surface area contributed by atoms with E-state index in [4.69, 9.17) is 11.6 Å². The molecule has 0 bridgehead atoms. The van der Waals surface area contributed by atoms with Crippen molar-refractivity contribution in [1.29, 1.82) is 0 Å². The molecule has 1 aliphatic rings. The molecule has 1 aromatic carbocycles. The number of amides is 1. The van der Waals surface area contributed by atoms with Crippen molar-refractivity contribution in [2.24, 2.45) is 0 Å². The molecule has 122 valence electrons. The minimum Gasteiger partial charge on any atom is -0.363 e. The number of carbonyl (C=O) groups is 1. The summed E-state index contributed by atoms with van der Waals surface area (Å²) < 4.78 is 54.7. The average molecular weight is 339 g/mol. The van der Waals surface area contributed by atoms with E-state index in [9.17, 15) is 22.4 Å². The van der Waals surface area contributed by atoms with Crippen molar-refractivity contribution in [1.82, 2.24) is 4.90 Å². The van der Waals surface area contributed by atoms with Gasteiger partial charge in [-0.1, -0.05) is 18.5 Å². The second-order valence-electron chi connectivity index (χ2n) is 5.04. The van der Waals surface area contributed by atoms with Crippen LogP contribution < -0.4 is 4.90 Å². The van der Waals surface area contributed by atoms with Gasteiger partial charge >= 0.3 is 0 Å². The van der Waals surface area contributed by atoms with Crippen LogP contribution >= 0.6 is 11.6 Å². The van der Waals surface area contributed by atoms with Crippen LogP contribution in [0.1, 0.15) is 19.8 Å². The van der Waals surface area contributed by atoms with Crippen LogP contribution in [0.5, 0.6) is 0 Å². The maximum Gasteiger partial charge on any atom is 0.222 e. The molecule has 8 heteroatoms. The molecule has 0 aromatic heterocycles. The topological polar surface area (TPSA) is 23.6 Å². The number of hydrogen-bond donors (Lipinski definition) is 0. The predicted octanol–water partition coefficient (Wildman–Crippen LogP) is 3.35. The van der Waals surface area contributed by atoms with Gasteiger partial charge in [-0.25, -0.2) is 17.6 Å². The minimum atomic E-state index is -1.61. The highest BCUT2D eigenvalue weighted by atomic mass is 35.5. The zero-order valence-corrected chi connectivity index (χ0v) is 12.7. The molecule has 3 nitrogen and oxygen atoms in total. The number of anilines is 1. The summed E-state index contributed by atoms with van der Waals surface area (Å²) in [5.41, 5.74) is -0.776. The lowest BCUT2D eigenvalue weighted by Gasteiger charge is -2.36. The van der Waals surface area contributed by atoms with Crippen molar-refractivity contribution in [2.45, 2.75) is 19.8 Å². The first kappa shape index (κ1) is 16.9. The molecule has 0 radical (unpaired) electrons. The van der Waals surface area contributed by atoms with E-state index in [0.717, 1.165) is 0 Å². The third kappa shape index (κ3) is 2.99. The molecule has 0 N–H and O–H groups in total. The second kappa shape index (κ2) is 6.73. The Morgan fingerprint density at radius 3 is 1.95 bits per heavy atom. The molecule has 1 amide bonds. The van der Waals surface area contributed by atoms with E-state index in [2.05, 4.69) is 0 Å². The molecule has 0 spiro atoms. The van der Waals surface area contributed by atoms with Gasteiger partial charge in [0.1, 0.15) is 10.7 Å². The Labute approximate surface area is 130 Å². The molecule has 0 aliphatic carbocycles. The van der Waals surface area contributed by atoms with Gasteiger partial charge in [-0.3, -0.25) is 4.79 Å². The van der Waals surface area contributed by atoms with E-state index in [1.54, 1.807) is 4.90 Å². The fourth-order valence-electron chi connectivity index (χ4n) is 2.42. The SMILES string of the molecule is CCCC(=O)N1CCN(c2c(F)c(F)c(Cl)c(F)c2F)CC1. The lowest BCUT2D eigenvalue weighted by molar-refractivity contribution is -0.131. The van der Waals surface area contributed by atoms with Crippen LogP contribution in [0.15, 0.2) is 0 Å². The number of benzene rings is 1. The quantitative estimate of drug-likeness (QED) is 0.479. The molecule has 2 rings (SSSR count). The largest absolute Gasteiger partial charge is 0.363 e. The zero-order valence-electron chi connectivity index (χ0n) is 11.9. The lowest BCUT2D eigenvalue weighted by atomic mass is 10.2.